The van der Waals surface area contributed by atoms with Crippen molar-refractivity contribution in [2.75, 3.05) is 7.11 Å². The van der Waals surface area contributed by atoms with Crippen LogP contribution in [0, 0.1) is 0 Å². The number of pyridine rings is 1. The molecule has 1 N–H and O–H groups in total. The quantitative estimate of drug-likeness (QED) is 0.821. The highest BCUT2D eigenvalue weighted by Gasteiger charge is 2.13. The minimum atomic E-state index is -1.03. The molecule has 0 bridgehead atoms. The molecule has 0 aromatic carbocycles. The standard InChI is InChI=1S/C9H7NO3S/c1-13-7-6(9(11)12)4-5-2-3-14-8(5)10-7/h2-4H,1H3,(H,11,12). The number of carboxylic acid groups (broad SMARTS) is 1. The third-order valence-corrected chi connectivity index (χ3v) is 2.65. The normalized spacial score (nSPS) is 10.4. The Morgan fingerprint density at radius 2 is 2.43 bits per heavy atom. The van der Waals surface area contributed by atoms with Gasteiger partial charge in [0.05, 0.1) is 7.11 Å². The van der Waals surface area contributed by atoms with Gasteiger partial charge in [-0.2, -0.15) is 0 Å². The van der Waals surface area contributed by atoms with Crippen LogP contribution in [0.4, 0.5) is 0 Å². The predicted molar refractivity (Wildman–Crippen MR) is 53.1 cm³/mol. The van der Waals surface area contributed by atoms with E-state index in [1.165, 1.54) is 18.4 Å². The van der Waals surface area contributed by atoms with Gasteiger partial charge in [0.15, 0.2) is 0 Å². The first-order chi connectivity index (χ1) is 6.72. The second-order valence-corrected chi connectivity index (χ2v) is 3.56. The lowest BCUT2D eigenvalue weighted by Crippen LogP contribution is -2.01. The molecule has 0 atom stereocenters. The number of methoxy groups -OCH3 is 1. The summed E-state index contributed by atoms with van der Waals surface area (Å²) in [4.78, 5) is 15.7. The number of rotatable bonds is 2. The van der Waals surface area contributed by atoms with Gasteiger partial charge in [-0.25, -0.2) is 9.78 Å². The van der Waals surface area contributed by atoms with Gasteiger partial charge in [-0.15, -0.1) is 11.3 Å². The van der Waals surface area contributed by atoms with Crippen molar-refractivity contribution in [3.05, 3.63) is 23.1 Å². The zero-order valence-corrected chi connectivity index (χ0v) is 8.17. The van der Waals surface area contributed by atoms with E-state index in [9.17, 15) is 4.79 Å². The molecule has 0 saturated carbocycles. The van der Waals surface area contributed by atoms with Crippen molar-refractivity contribution in [3.63, 3.8) is 0 Å². The summed E-state index contributed by atoms with van der Waals surface area (Å²) in [5.41, 5.74) is 0.0957. The summed E-state index contributed by atoms with van der Waals surface area (Å²) in [7, 11) is 1.41. The minimum Gasteiger partial charge on any atom is -0.480 e. The van der Waals surface area contributed by atoms with Gasteiger partial charge in [0, 0.05) is 5.39 Å². The van der Waals surface area contributed by atoms with E-state index >= 15 is 0 Å². The van der Waals surface area contributed by atoms with Gasteiger partial charge < -0.3 is 9.84 Å². The number of ether oxygens (including phenoxy) is 1. The Balaban J connectivity index is 2.72. The fraction of sp³-hybridized carbons (Fsp3) is 0.111. The lowest BCUT2D eigenvalue weighted by atomic mass is 10.2. The second kappa shape index (κ2) is 3.26. The summed E-state index contributed by atoms with van der Waals surface area (Å²) in [6.45, 7) is 0. The first kappa shape index (κ1) is 8.96. The largest absolute Gasteiger partial charge is 0.480 e. The van der Waals surface area contributed by atoms with Crippen molar-refractivity contribution in [3.8, 4) is 5.88 Å². The predicted octanol–water partition coefficient (Wildman–Crippen LogP) is 2.00. The lowest BCUT2D eigenvalue weighted by molar-refractivity contribution is 0.0692. The van der Waals surface area contributed by atoms with Crippen LogP contribution in [-0.2, 0) is 0 Å². The highest BCUT2D eigenvalue weighted by Crippen LogP contribution is 2.25. The number of carbonyl (C=O) groups is 1. The Hall–Kier alpha value is -1.62. The van der Waals surface area contributed by atoms with E-state index in [1.807, 2.05) is 11.4 Å². The number of hydrogen-bond donors (Lipinski definition) is 1. The Labute approximate surface area is 83.8 Å². The molecule has 2 rings (SSSR count). The number of fused-ring (bicyclic) bond motifs is 1. The van der Waals surface area contributed by atoms with E-state index < -0.39 is 5.97 Å². The van der Waals surface area contributed by atoms with E-state index in [0.717, 1.165) is 10.2 Å². The molecule has 0 aliphatic rings. The molecular formula is C9H7NO3S. The van der Waals surface area contributed by atoms with Crippen LogP contribution >= 0.6 is 11.3 Å². The van der Waals surface area contributed by atoms with Crippen molar-refractivity contribution in [1.29, 1.82) is 0 Å². The lowest BCUT2D eigenvalue weighted by Gasteiger charge is -2.02. The number of thiophene rings is 1. The molecule has 0 fully saturated rings. The van der Waals surface area contributed by atoms with E-state index in [2.05, 4.69) is 4.98 Å². The van der Waals surface area contributed by atoms with Crippen LogP contribution in [0.15, 0.2) is 17.5 Å². The van der Waals surface area contributed by atoms with Gasteiger partial charge in [0.25, 0.3) is 0 Å². The third-order valence-electron chi connectivity index (χ3n) is 1.83. The number of nitrogens with zero attached hydrogens (tertiary/aromatic N) is 1. The summed E-state index contributed by atoms with van der Waals surface area (Å²) >= 11 is 1.45. The summed E-state index contributed by atoms with van der Waals surface area (Å²) in [6.07, 6.45) is 0. The molecule has 0 spiro atoms. The number of hydrogen-bond acceptors (Lipinski definition) is 4. The van der Waals surface area contributed by atoms with Gasteiger partial charge in [-0.1, -0.05) is 0 Å². The smallest absolute Gasteiger partial charge is 0.341 e. The number of aromatic carboxylic acids is 1. The van der Waals surface area contributed by atoms with E-state index in [4.69, 9.17) is 9.84 Å². The average Bonchev–Trinajstić information content (AvgIpc) is 2.62. The van der Waals surface area contributed by atoms with Crippen LogP contribution < -0.4 is 4.74 Å². The molecule has 0 aliphatic heterocycles. The van der Waals surface area contributed by atoms with Gasteiger partial charge in [-0.3, -0.25) is 0 Å². The fourth-order valence-corrected chi connectivity index (χ4v) is 1.93. The van der Waals surface area contributed by atoms with E-state index in [0.29, 0.717) is 0 Å². The van der Waals surface area contributed by atoms with Crippen molar-refractivity contribution >= 4 is 27.5 Å². The summed E-state index contributed by atoms with van der Waals surface area (Å²) in [5.74, 6) is -0.866. The fourth-order valence-electron chi connectivity index (χ4n) is 1.19. The first-order valence-corrected chi connectivity index (χ1v) is 4.76. The molecule has 72 valence electrons. The van der Waals surface area contributed by atoms with Crippen LogP contribution in [0.2, 0.25) is 0 Å². The Morgan fingerprint density at radius 1 is 1.64 bits per heavy atom. The summed E-state index contributed by atoms with van der Waals surface area (Å²) in [5, 5.41) is 11.6. The molecule has 14 heavy (non-hydrogen) atoms. The second-order valence-electron chi connectivity index (χ2n) is 2.67. The Morgan fingerprint density at radius 3 is 3.07 bits per heavy atom. The average molecular weight is 209 g/mol. The molecule has 0 radical (unpaired) electrons. The molecule has 0 amide bonds. The van der Waals surface area contributed by atoms with Crippen LogP contribution in [0.25, 0.3) is 10.2 Å². The molecular weight excluding hydrogens is 202 g/mol. The van der Waals surface area contributed by atoms with Crippen LogP contribution in [0.5, 0.6) is 5.88 Å². The van der Waals surface area contributed by atoms with Gasteiger partial charge in [-0.05, 0) is 17.5 Å². The van der Waals surface area contributed by atoms with Crippen molar-refractivity contribution in [1.82, 2.24) is 4.98 Å². The van der Waals surface area contributed by atoms with Gasteiger partial charge in [0.2, 0.25) is 5.88 Å². The molecule has 0 unspecified atom stereocenters. The summed E-state index contributed by atoms with van der Waals surface area (Å²) < 4.78 is 4.90. The van der Waals surface area contributed by atoms with Crippen LogP contribution in [0.3, 0.4) is 0 Å². The highest BCUT2D eigenvalue weighted by molar-refractivity contribution is 7.16. The van der Waals surface area contributed by atoms with Crippen LogP contribution in [-0.4, -0.2) is 23.2 Å². The Kier molecular flexibility index (Phi) is 2.09. The SMILES string of the molecule is COc1nc2sccc2cc1C(=O)O. The Bertz CT molecular complexity index is 492. The highest BCUT2D eigenvalue weighted by atomic mass is 32.1. The van der Waals surface area contributed by atoms with E-state index in [-0.39, 0.29) is 11.4 Å². The van der Waals surface area contributed by atoms with Crippen LogP contribution in [0.1, 0.15) is 10.4 Å². The minimum absolute atomic E-state index is 0.0957. The number of carboxylic acids is 1. The molecule has 0 aliphatic carbocycles. The molecule has 4 nitrogen and oxygen atoms in total. The molecule has 2 aromatic heterocycles. The maximum atomic E-state index is 10.8. The monoisotopic (exact) mass is 209 g/mol. The molecule has 2 heterocycles. The zero-order valence-electron chi connectivity index (χ0n) is 7.35. The maximum Gasteiger partial charge on any atom is 0.341 e. The zero-order chi connectivity index (χ0) is 10.1. The van der Waals surface area contributed by atoms with E-state index in [1.54, 1.807) is 6.07 Å². The molecule has 2 aromatic rings. The topological polar surface area (TPSA) is 59.4 Å². The number of aromatic nitrogens is 1. The van der Waals surface area contributed by atoms with Crippen molar-refractivity contribution in [2.24, 2.45) is 0 Å². The molecule has 5 heteroatoms. The summed E-state index contributed by atoms with van der Waals surface area (Å²) in [6, 6.07) is 3.40. The molecule has 0 saturated heterocycles. The van der Waals surface area contributed by atoms with Gasteiger partial charge in [0.1, 0.15) is 10.4 Å². The first-order valence-electron chi connectivity index (χ1n) is 3.88. The maximum absolute atomic E-state index is 10.8. The van der Waals surface area contributed by atoms with Crippen molar-refractivity contribution < 1.29 is 14.6 Å². The van der Waals surface area contributed by atoms with Gasteiger partial charge >= 0.3 is 5.97 Å². The van der Waals surface area contributed by atoms with Crippen molar-refractivity contribution in [2.45, 2.75) is 0 Å². The third kappa shape index (κ3) is 1.31.